The van der Waals surface area contributed by atoms with Crippen LogP contribution < -0.4 is 5.32 Å². The Balaban J connectivity index is 2.07. The van der Waals surface area contributed by atoms with Crippen LogP contribution in [0.4, 0.5) is 0 Å². The van der Waals surface area contributed by atoms with Crippen molar-refractivity contribution in [1.82, 2.24) is 9.88 Å². The van der Waals surface area contributed by atoms with Gasteiger partial charge in [-0.3, -0.25) is 0 Å². The van der Waals surface area contributed by atoms with Gasteiger partial charge in [0.05, 0.1) is 0 Å². The Morgan fingerprint density at radius 3 is 2.89 bits per heavy atom. The quantitative estimate of drug-likeness (QED) is 0.856. The van der Waals surface area contributed by atoms with Crippen LogP contribution in [0.1, 0.15) is 23.2 Å². The van der Waals surface area contributed by atoms with E-state index >= 15 is 0 Å². The Morgan fingerprint density at radius 2 is 2.17 bits per heavy atom. The van der Waals surface area contributed by atoms with Crippen LogP contribution in [0.15, 0.2) is 18.2 Å². The highest BCUT2D eigenvalue weighted by Gasteiger charge is 2.19. The van der Waals surface area contributed by atoms with Gasteiger partial charge in [-0.25, -0.2) is 0 Å². The lowest BCUT2D eigenvalue weighted by molar-refractivity contribution is 0.579. The maximum absolute atomic E-state index is 3.47. The number of rotatable bonds is 2. The molecule has 0 aliphatic carbocycles. The summed E-state index contributed by atoms with van der Waals surface area (Å²) < 4.78 is 2.35. The van der Waals surface area contributed by atoms with E-state index in [0.29, 0.717) is 0 Å². The summed E-state index contributed by atoms with van der Waals surface area (Å²) in [7, 11) is 2.19. The molecule has 0 amide bonds. The summed E-state index contributed by atoms with van der Waals surface area (Å²) in [6.45, 7) is 6.80. The van der Waals surface area contributed by atoms with Gasteiger partial charge in [0.2, 0.25) is 0 Å². The third kappa shape index (κ3) is 1.85. The van der Waals surface area contributed by atoms with E-state index in [2.05, 4.69) is 49.0 Å². The average Bonchev–Trinajstić information content (AvgIpc) is 2.94. The van der Waals surface area contributed by atoms with Crippen molar-refractivity contribution in [2.75, 3.05) is 13.1 Å². The molecule has 1 fully saturated rings. The van der Waals surface area contributed by atoms with Crippen molar-refractivity contribution in [3.8, 4) is 0 Å². The predicted molar refractivity (Wildman–Crippen MR) is 77.1 cm³/mol. The van der Waals surface area contributed by atoms with Crippen molar-refractivity contribution in [2.24, 2.45) is 13.0 Å². The van der Waals surface area contributed by atoms with E-state index in [0.717, 1.165) is 5.92 Å². The largest absolute Gasteiger partial charge is 0.348 e. The van der Waals surface area contributed by atoms with Crippen molar-refractivity contribution < 1.29 is 0 Å². The molecule has 96 valence electrons. The molecule has 1 aromatic heterocycles. The van der Waals surface area contributed by atoms with Crippen molar-refractivity contribution in [3.63, 3.8) is 0 Å². The Hall–Kier alpha value is -1.28. The van der Waals surface area contributed by atoms with Gasteiger partial charge in [0.1, 0.15) is 0 Å². The topological polar surface area (TPSA) is 17.0 Å². The Morgan fingerprint density at radius 1 is 1.33 bits per heavy atom. The monoisotopic (exact) mass is 242 g/mol. The number of fused-ring (bicyclic) bond motifs is 1. The average molecular weight is 242 g/mol. The predicted octanol–water partition coefficient (Wildman–Crippen LogP) is 2.95. The fourth-order valence-electron chi connectivity index (χ4n) is 3.19. The lowest BCUT2D eigenvalue weighted by Gasteiger charge is -2.08. The minimum absolute atomic E-state index is 0.815. The van der Waals surface area contributed by atoms with E-state index in [-0.39, 0.29) is 0 Å². The molecule has 2 heteroatoms. The first-order chi connectivity index (χ1) is 8.66. The number of aryl methyl sites for hydroxylation is 2. The van der Waals surface area contributed by atoms with Gasteiger partial charge in [0, 0.05) is 23.6 Å². The summed E-state index contributed by atoms with van der Waals surface area (Å²) in [5.74, 6) is 0.815. The molecular formula is C16H22N2. The summed E-state index contributed by atoms with van der Waals surface area (Å²) in [4.78, 5) is 0. The van der Waals surface area contributed by atoms with Gasteiger partial charge in [-0.15, -0.1) is 0 Å². The first kappa shape index (κ1) is 11.8. The lowest BCUT2D eigenvalue weighted by Crippen LogP contribution is -2.11. The van der Waals surface area contributed by atoms with E-state index in [1.54, 1.807) is 5.56 Å². The van der Waals surface area contributed by atoms with Crippen LogP contribution in [0, 0.1) is 19.8 Å². The molecule has 0 spiro atoms. The Kier molecular flexibility index (Phi) is 2.90. The third-order valence-corrected chi connectivity index (χ3v) is 4.43. The van der Waals surface area contributed by atoms with E-state index in [1.165, 1.54) is 48.1 Å². The minimum atomic E-state index is 0.815. The smallest absolute Gasteiger partial charge is 0.0485 e. The van der Waals surface area contributed by atoms with Crippen LogP contribution in [0.2, 0.25) is 0 Å². The van der Waals surface area contributed by atoms with Crippen LogP contribution in [-0.2, 0) is 13.5 Å². The van der Waals surface area contributed by atoms with Gasteiger partial charge in [-0.1, -0.05) is 12.1 Å². The normalized spacial score (nSPS) is 19.8. The molecule has 1 N–H and O–H groups in total. The molecule has 3 rings (SSSR count). The highest BCUT2D eigenvalue weighted by molar-refractivity contribution is 5.86. The molecule has 1 atom stereocenters. The maximum atomic E-state index is 3.47. The standard InChI is InChI=1S/C16H22N2/c1-11-4-5-14-15(9-13-6-7-17-10-13)12(2)18(3)16(14)8-11/h4-5,8,13,17H,6-7,9-10H2,1-3H3. The van der Waals surface area contributed by atoms with E-state index in [9.17, 15) is 0 Å². The van der Waals surface area contributed by atoms with Gasteiger partial charge < -0.3 is 9.88 Å². The highest BCUT2D eigenvalue weighted by Crippen LogP contribution is 2.29. The molecule has 1 aliphatic rings. The molecule has 1 unspecified atom stereocenters. The second-order valence-corrected chi connectivity index (χ2v) is 5.71. The molecule has 0 bridgehead atoms. The molecule has 1 aromatic carbocycles. The first-order valence-corrected chi connectivity index (χ1v) is 6.92. The van der Waals surface area contributed by atoms with Gasteiger partial charge in [-0.2, -0.15) is 0 Å². The second-order valence-electron chi connectivity index (χ2n) is 5.71. The maximum Gasteiger partial charge on any atom is 0.0485 e. The van der Waals surface area contributed by atoms with Crippen LogP contribution >= 0.6 is 0 Å². The number of nitrogens with one attached hydrogen (secondary N) is 1. The molecule has 2 heterocycles. The molecule has 1 aliphatic heterocycles. The molecular weight excluding hydrogens is 220 g/mol. The van der Waals surface area contributed by atoms with Crippen molar-refractivity contribution in [3.05, 3.63) is 35.0 Å². The lowest BCUT2D eigenvalue weighted by atomic mass is 9.96. The fourth-order valence-corrected chi connectivity index (χ4v) is 3.19. The van der Waals surface area contributed by atoms with E-state index in [4.69, 9.17) is 0 Å². The molecule has 0 saturated carbocycles. The van der Waals surface area contributed by atoms with E-state index < -0.39 is 0 Å². The zero-order chi connectivity index (χ0) is 12.7. The number of hydrogen-bond acceptors (Lipinski definition) is 1. The Bertz CT molecular complexity index is 574. The molecule has 1 saturated heterocycles. The molecule has 18 heavy (non-hydrogen) atoms. The minimum Gasteiger partial charge on any atom is -0.348 e. The van der Waals surface area contributed by atoms with Crippen molar-refractivity contribution in [2.45, 2.75) is 26.7 Å². The number of aromatic nitrogens is 1. The van der Waals surface area contributed by atoms with Crippen LogP contribution in [-0.4, -0.2) is 17.7 Å². The summed E-state index contributed by atoms with van der Waals surface area (Å²) in [5, 5.41) is 4.92. The summed E-state index contributed by atoms with van der Waals surface area (Å²) >= 11 is 0. The number of hydrogen-bond donors (Lipinski definition) is 1. The zero-order valence-electron chi connectivity index (χ0n) is 11.6. The van der Waals surface area contributed by atoms with Crippen molar-refractivity contribution in [1.29, 1.82) is 0 Å². The zero-order valence-corrected chi connectivity index (χ0v) is 11.6. The molecule has 2 nitrogen and oxygen atoms in total. The van der Waals surface area contributed by atoms with Gasteiger partial charge in [0.15, 0.2) is 0 Å². The van der Waals surface area contributed by atoms with Crippen LogP contribution in [0.5, 0.6) is 0 Å². The van der Waals surface area contributed by atoms with Gasteiger partial charge in [-0.05, 0) is 62.9 Å². The van der Waals surface area contributed by atoms with Crippen LogP contribution in [0.3, 0.4) is 0 Å². The summed E-state index contributed by atoms with van der Waals surface area (Å²) in [5.41, 5.74) is 5.72. The fraction of sp³-hybridized carbons (Fsp3) is 0.500. The third-order valence-electron chi connectivity index (χ3n) is 4.43. The Labute approximate surface area is 109 Å². The molecule has 0 radical (unpaired) electrons. The van der Waals surface area contributed by atoms with Crippen LogP contribution in [0.25, 0.3) is 10.9 Å². The number of benzene rings is 1. The van der Waals surface area contributed by atoms with Gasteiger partial charge in [0.25, 0.3) is 0 Å². The summed E-state index contributed by atoms with van der Waals surface area (Å²) in [6.07, 6.45) is 2.54. The highest BCUT2D eigenvalue weighted by atomic mass is 14.9. The SMILES string of the molecule is Cc1ccc2c(CC3CCNC3)c(C)n(C)c2c1. The second kappa shape index (κ2) is 4.43. The van der Waals surface area contributed by atoms with E-state index in [1.807, 2.05) is 0 Å². The van der Waals surface area contributed by atoms with Crippen molar-refractivity contribution >= 4 is 10.9 Å². The van der Waals surface area contributed by atoms with Gasteiger partial charge >= 0.3 is 0 Å². The number of nitrogens with zero attached hydrogens (tertiary/aromatic N) is 1. The molecule has 2 aromatic rings. The summed E-state index contributed by atoms with van der Waals surface area (Å²) in [6, 6.07) is 6.84. The first-order valence-electron chi connectivity index (χ1n) is 6.92.